The number of benzene rings is 2. The minimum Gasteiger partial charge on any atom is -0.497 e. The van der Waals surface area contributed by atoms with Crippen molar-refractivity contribution in [3.63, 3.8) is 0 Å². The number of nitrogens with one attached hydrogen (secondary N) is 2. The maximum Gasteiger partial charge on any atom is 0.336 e. The number of carbonyl (C=O) groups is 1. The minimum atomic E-state index is -0.427. The quantitative estimate of drug-likeness (QED) is 0.635. The number of rotatable bonds is 6. The Kier molecular flexibility index (Phi) is 5.78. The first-order chi connectivity index (χ1) is 12.9. The molecule has 1 aromatic heterocycles. The Labute approximate surface area is 161 Å². The lowest BCUT2D eigenvalue weighted by molar-refractivity contribution is -0.885. The van der Waals surface area contributed by atoms with Crippen molar-refractivity contribution in [2.24, 2.45) is 0 Å². The summed E-state index contributed by atoms with van der Waals surface area (Å²) in [5, 5.41) is 4.27. The van der Waals surface area contributed by atoms with Gasteiger partial charge in [0.25, 0.3) is 5.91 Å². The smallest absolute Gasteiger partial charge is 0.336 e. The van der Waals surface area contributed by atoms with E-state index in [4.69, 9.17) is 20.8 Å². The number of fused-ring (bicyclic) bond motifs is 1. The Morgan fingerprint density at radius 3 is 2.63 bits per heavy atom. The highest BCUT2D eigenvalue weighted by Crippen LogP contribution is 2.22. The van der Waals surface area contributed by atoms with Gasteiger partial charge in [-0.15, -0.1) is 0 Å². The maximum atomic E-state index is 12.3. The van der Waals surface area contributed by atoms with Gasteiger partial charge in [-0.1, -0.05) is 11.6 Å². The normalized spacial score (nSPS) is 12.0. The fourth-order valence-electron chi connectivity index (χ4n) is 2.88. The van der Waals surface area contributed by atoms with E-state index in [9.17, 15) is 9.59 Å². The molecule has 0 aliphatic heterocycles. The molecule has 0 saturated heterocycles. The second kappa shape index (κ2) is 8.24. The molecule has 6 nitrogen and oxygen atoms in total. The van der Waals surface area contributed by atoms with Crippen molar-refractivity contribution in [2.75, 3.05) is 26.0 Å². The van der Waals surface area contributed by atoms with E-state index in [0.29, 0.717) is 28.6 Å². The molecular formula is C20H20ClN2O4+. The topological polar surface area (TPSA) is 73.0 Å². The van der Waals surface area contributed by atoms with Crippen molar-refractivity contribution in [3.05, 3.63) is 69.5 Å². The van der Waals surface area contributed by atoms with Crippen LogP contribution < -0.4 is 20.6 Å². The van der Waals surface area contributed by atoms with Crippen molar-refractivity contribution in [1.82, 2.24) is 0 Å². The Balaban J connectivity index is 1.71. The van der Waals surface area contributed by atoms with E-state index in [2.05, 4.69) is 5.32 Å². The van der Waals surface area contributed by atoms with Crippen LogP contribution in [0.25, 0.3) is 11.0 Å². The van der Waals surface area contributed by atoms with Gasteiger partial charge in [0.15, 0.2) is 6.54 Å². The number of amides is 1. The lowest BCUT2D eigenvalue weighted by Gasteiger charge is -2.15. The number of likely N-dealkylation sites (N-methyl/N-ethyl adjacent to an activating group) is 1. The maximum absolute atomic E-state index is 12.3. The van der Waals surface area contributed by atoms with E-state index in [1.807, 2.05) is 19.2 Å². The molecule has 0 fully saturated rings. The Bertz CT molecular complexity index is 1010. The number of quaternary nitrogens is 1. The van der Waals surface area contributed by atoms with Crippen molar-refractivity contribution in [2.45, 2.75) is 6.54 Å². The first kappa shape index (κ1) is 18.9. The molecule has 3 aromatic rings. The molecule has 0 radical (unpaired) electrons. The number of ether oxygens (including phenoxy) is 1. The fourth-order valence-corrected chi connectivity index (χ4v) is 3.01. The van der Waals surface area contributed by atoms with Crippen LogP contribution in [-0.2, 0) is 11.3 Å². The summed E-state index contributed by atoms with van der Waals surface area (Å²) in [7, 11) is 3.45. The third-order valence-corrected chi connectivity index (χ3v) is 4.37. The van der Waals surface area contributed by atoms with Gasteiger partial charge >= 0.3 is 5.63 Å². The molecule has 3 rings (SSSR count). The molecule has 1 amide bonds. The molecule has 0 bridgehead atoms. The summed E-state index contributed by atoms with van der Waals surface area (Å²) < 4.78 is 10.4. The van der Waals surface area contributed by atoms with Gasteiger partial charge < -0.3 is 19.4 Å². The van der Waals surface area contributed by atoms with Crippen LogP contribution in [0, 0.1) is 0 Å². The molecule has 140 valence electrons. The second-order valence-corrected chi connectivity index (χ2v) is 6.75. The molecule has 0 saturated carbocycles. The van der Waals surface area contributed by atoms with Crippen LogP contribution in [0.3, 0.4) is 0 Å². The average molecular weight is 388 g/mol. The van der Waals surface area contributed by atoms with Crippen molar-refractivity contribution < 1.29 is 18.8 Å². The van der Waals surface area contributed by atoms with Crippen LogP contribution in [-0.4, -0.2) is 26.6 Å². The number of carbonyl (C=O) groups excluding carboxylic acids is 1. The van der Waals surface area contributed by atoms with Gasteiger partial charge in [-0.2, -0.15) is 0 Å². The fraction of sp³-hybridized carbons (Fsp3) is 0.200. The van der Waals surface area contributed by atoms with Crippen LogP contribution in [0.1, 0.15) is 5.56 Å². The summed E-state index contributed by atoms with van der Waals surface area (Å²) in [4.78, 5) is 25.1. The van der Waals surface area contributed by atoms with Gasteiger partial charge in [0.2, 0.25) is 0 Å². The molecule has 1 heterocycles. The molecular weight excluding hydrogens is 368 g/mol. The van der Waals surface area contributed by atoms with E-state index >= 15 is 0 Å². The standard InChI is InChI=1S/C20H19ClN2O4/c1-23(12-19(24)22-15-5-3-14(21)4-6-15)11-13-9-20(25)27-18-10-16(26-2)7-8-17(13)18/h3-10H,11-12H2,1-2H3,(H,22,24)/p+1. The van der Waals surface area contributed by atoms with E-state index in [0.717, 1.165) is 15.8 Å². The average Bonchev–Trinajstić information content (AvgIpc) is 2.62. The molecule has 7 heteroatoms. The zero-order chi connectivity index (χ0) is 19.4. The lowest BCUT2D eigenvalue weighted by atomic mass is 10.1. The Morgan fingerprint density at radius 1 is 1.19 bits per heavy atom. The second-order valence-electron chi connectivity index (χ2n) is 6.32. The molecule has 2 N–H and O–H groups in total. The van der Waals surface area contributed by atoms with Gasteiger partial charge in [0.05, 0.1) is 14.2 Å². The molecule has 2 aromatic carbocycles. The van der Waals surface area contributed by atoms with Crippen molar-refractivity contribution >= 4 is 34.2 Å². The molecule has 1 unspecified atom stereocenters. The largest absolute Gasteiger partial charge is 0.497 e. The number of anilines is 1. The number of methoxy groups -OCH3 is 1. The highest BCUT2D eigenvalue weighted by atomic mass is 35.5. The SMILES string of the molecule is COc1ccc2c(C[NH+](C)CC(=O)Nc3ccc(Cl)cc3)cc(=O)oc2c1. The zero-order valence-corrected chi connectivity index (χ0v) is 15.8. The first-order valence-corrected chi connectivity index (χ1v) is 8.80. The molecule has 0 spiro atoms. The van der Waals surface area contributed by atoms with Crippen LogP contribution in [0.4, 0.5) is 5.69 Å². The summed E-state index contributed by atoms with van der Waals surface area (Å²) in [5.41, 5.74) is 1.55. The van der Waals surface area contributed by atoms with E-state index in [1.165, 1.54) is 6.07 Å². The monoisotopic (exact) mass is 387 g/mol. The van der Waals surface area contributed by atoms with Gasteiger partial charge in [-0.25, -0.2) is 4.79 Å². The molecule has 27 heavy (non-hydrogen) atoms. The summed E-state index contributed by atoms with van der Waals surface area (Å²) in [6, 6.07) is 13.8. The predicted molar refractivity (Wildman–Crippen MR) is 105 cm³/mol. The first-order valence-electron chi connectivity index (χ1n) is 8.42. The summed E-state index contributed by atoms with van der Waals surface area (Å²) in [5.74, 6) is 0.495. The molecule has 0 aliphatic carbocycles. The molecule has 0 aliphatic rings. The lowest BCUT2D eigenvalue weighted by Crippen LogP contribution is -3.08. The van der Waals surface area contributed by atoms with Gasteiger partial charge in [-0.3, -0.25) is 4.79 Å². The summed E-state index contributed by atoms with van der Waals surface area (Å²) in [6.45, 7) is 0.753. The zero-order valence-electron chi connectivity index (χ0n) is 15.0. The highest BCUT2D eigenvalue weighted by molar-refractivity contribution is 6.30. The van der Waals surface area contributed by atoms with Gasteiger partial charge in [0.1, 0.15) is 17.9 Å². The third-order valence-electron chi connectivity index (χ3n) is 4.12. The summed E-state index contributed by atoms with van der Waals surface area (Å²) in [6.07, 6.45) is 0. The number of hydrogen-bond donors (Lipinski definition) is 2. The van der Waals surface area contributed by atoms with E-state index in [1.54, 1.807) is 37.4 Å². The van der Waals surface area contributed by atoms with Crippen LogP contribution in [0.2, 0.25) is 5.02 Å². The van der Waals surface area contributed by atoms with Crippen LogP contribution in [0.5, 0.6) is 5.75 Å². The minimum absolute atomic E-state index is 0.122. The number of hydrogen-bond acceptors (Lipinski definition) is 4. The number of halogens is 1. The Hall–Kier alpha value is -2.83. The summed E-state index contributed by atoms with van der Waals surface area (Å²) >= 11 is 5.84. The van der Waals surface area contributed by atoms with Crippen LogP contribution >= 0.6 is 11.6 Å². The predicted octanol–water partition coefficient (Wildman–Crippen LogP) is 2.11. The Morgan fingerprint density at radius 2 is 1.93 bits per heavy atom. The van der Waals surface area contributed by atoms with E-state index in [-0.39, 0.29) is 12.5 Å². The van der Waals surface area contributed by atoms with Gasteiger partial charge in [0, 0.05) is 33.8 Å². The molecule has 1 atom stereocenters. The highest BCUT2D eigenvalue weighted by Gasteiger charge is 2.14. The third kappa shape index (κ3) is 4.87. The van der Waals surface area contributed by atoms with Crippen molar-refractivity contribution in [1.29, 1.82) is 0 Å². The van der Waals surface area contributed by atoms with Crippen LogP contribution in [0.15, 0.2) is 57.7 Å². The van der Waals surface area contributed by atoms with Crippen molar-refractivity contribution in [3.8, 4) is 5.75 Å². The van der Waals surface area contributed by atoms with E-state index < -0.39 is 5.63 Å². The van der Waals surface area contributed by atoms with Gasteiger partial charge in [-0.05, 0) is 36.4 Å².